The fourth-order valence-electron chi connectivity index (χ4n) is 1.69. The van der Waals surface area contributed by atoms with E-state index in [0.717, 1.165) is 19.5 Å². The van der Waals surface area contributed by atoms with E-state index >= 15 is 0 Å². The Bertz CT molecular complexity index is 174. The fourth-order valence-corrected chi connectivity index (χ4v) is 1.69. The Labute approximate surface area is 72.1 Å². The van der Waals surface area contributed by atoms with Crippen LogP contribution in [0.5, 0.6) is 0 Å². The predicted molar refractivity (Wildman–Crippen MR) is 45.8 cm³/mol. The van der Waals surface area contributed by atoms with Crippen LogP contribution in [0.25, 0.3) is 0 Å². The molecule has 0 amide bonds. The van der Waals surface area contributed by atoms with Crippen molar-refractivity contribution in [2.45, 2.75) is 25.3 Å². The van der Waals surface area contributed by atoms with Gasteiger partial charge in [-0.25, -0.2) is 0 Å². The molecule has 1 aliphatic rings. The van der Waals surface area contributed by atoms with Crippen molar-refractivity contribution in [3.63, 3.8) is 0 Å². The Hall–Kier alpha value is -0.610. The van der Waals surface area contributed by atoms with Crippen LogP contribution in [0.4, 0.5) is 0 Å². The minimum atomic E-state index is -0.813. The second-order valence-corrected chi connectivity index (χ2v) is 3.77. The molecule has 4 nitrogen and oxygen atoms in total. The fraction of sp³-hybridized carbons (Fsp3) is 0.875. The molecule has 0 radical (unpaired) electrons. The molecule has 0 aliphatic carbocycles. The normalized spacial score (nSPS) is 28.3. The van der Waals surface area contributed by atoms with E-state index < -0.39 is 11.5 Å². The predicted octanol–water partition coefficient (Wildman–Crippen LogP) is -0.212. The third-order valence-electron chi connectivity index (χ3n) is 2.53. The monoisotopic (exact) mass is 172 g/mol. The highest BCUT2D eigenvalue weighted by atomic mass is 16.4. The van der Waals surface area contributed by atoms with Crippen LogP contribution >= 0.6 is 0 Å². The quantitative estimate of drug-likeness (QED) is 0.550. The molecule has 1 saturated heterocycles. The van der Waals surface area contributed by atoms with Crippen LogP contribution in [0.2, 0.25) is 0 Å². The van der Waals surface area contributed by atoms with Crippen molar-refractivity contribution < 1.29 is 9.90 Å². The second kappa shape index (κ2) is 3.41. The minimum absolute atomic E-state index is 0.0549. The van der Waals surface area contributed by atoms with Crippen LogP contribution in [0.15, 0.2) is 0 Å². The molecule has 4 N–H and O–H groups in total. The number of hydrogen-bond acceptors (Lipinski definition) is 3. The molecule has 1 heterocycles. The van der Waals surface area contributed by atoms with E-state index in [0.29, 0.717) is 5.92 Å². The number of nitrogens with one attached hydrogen (secondary N) is 1. The third kappa shape index (κ3) is 2.19. The van der Waals surface area contributed by atoms with Gasteiger partial charge in [0.2, 0.25) is 0 Å². The van der Waals surface area contributed by atoms with Gasteiger partial charge in [0.25, 0.3) is 0 Å². The maximum absolute atomic E-state index is 10.5. The number of hydrogen-bond donors (Lipinski definition) is 3. The van der Waals surface area contributed by atoms with E-state index in [1.54, 1.807) is 0 Å². The van der Waals surface area contributed by atoms with Gasteiger partial charge in [0.05, 0.1) is 6.42 Å². The lowest BCUT2D eigenvalue weighted by atomic mass is 9.83. The Kier molecular flexibility index (Phi) is 2.69. The lowest BCUT2D eigenvalue weighted by Crippen LogP contribution is -2.46. The molecular formula is C8H16N2O2. The van der Waals surface area contributed by atoms with Crippen molar-refractivity contribution in [3.05, 3.63) is 0 Å². The van der Waals surface area contributed by atoms with Gasteiger partial charge in [-0.05, 0) is 32.4 Å². The lowest BCUT2D eigenvalue weighted by Gasteiger charge is -2.29. The molecule has 0 aromatic heterocycles. The molecule has 70 valence electrons. The van der Waals surface area contributed by atoms with Crippen molar-refractivity contribution >= 4 is 5.97 Å². The summed E-state index contributed by atoms with van der Waals surface area (Å²) in [5.41, 5.74) is 5.34. The summed E-state index contributed by atoms with van der Waals surface area (Å²) in [6, 6.07) is 0. The second-order valence-electron chi connectivity index (χ2n) is 3.77. The smallest absolute Gasteiger partial charge is 0.305 e. The standard InChI is InChI=1S/C8H16N2O2/c1-8(9,4-7(11)12)6-2-3-10-5-6/h6,10H,2-5,9H2,1H3,(H,11,12). The first kappa shape index (κ1) is 9.48. The highest BCUT2D eigenvalue weighted by Gasteiger charge is 2.34. The molecule has 0 saturated carbocycles. The first-order valence-corrected chi connectivity index (χ1v) is 4.24. The van der Waals surface area contributed by atoms with Crippen LogP contribution < -0.4 is 11.1 Å². The van der Waals surface area contributed by atoms with E-state index in [1.165, 1.54) is 0 Å². The van der Waals surface area contributed by atoms with Gasteiger partial charge in [-0.1, -0.05) is 0 Å². The number of carboxylic acid groups (broad SMARTS) is 1. The summed E-state index contributed by atoms with van der Waals surface area (Å²) < 4.78 is 0. The summed E-state index contributed by atoms with van der Waals surface area (Å²) >= 11 is 0. The topological polar surface area (TPSA) is 75.4 Å². The molecular weight excluding hydrogens is 156 g/mol. The first-order valence-electron chi connectivity index (χ1n) is 4.24. The number of nitrogens with two attached hydrogens (primary N) is 1. The zero-order chi connectivity index (χ0) is 9.19. The van der Waals surface area contributed by atoms with Gasteiger partial charge in [-0.3, -0.25) is 4.79 Å². The van der Waals surface area contributed by atoms with E-state index in [9.17, 15) is 4.79 Å². The van der Waals surface area contributed by atoms with E-state index in [1.807, 2.05) is 6.92 Å². The van der Waals surface area contributed by atoms with Crippen molar-refractivity contribution in [1.82, 2.24) is 5.32 Å². The number of aliphatic carboxylic acids is 1. The van der Waals surface area contributed by atoms with Crippen LogP contribution in [-0.4, -0.2) is 29.7 Å². The average molecular weight is 172 g/mol. The summed E-state index contributed by atoms with van der Waals surface area (Å²) in [6.07, 6.45) is 1.04. The maximum Gasteiger partial charge on any atom is 0.305 e. The molecule has 2 unspecified atom stereocenters. The average Bonchev–Trinajstić information content (AvgIpc) is 2.32. The molecule has 1 fully saturated rings. The summed E-state index contributed by atoms with van der Waals surface area (Å²) in [5.74, 6) is -0.513. The van der Waals surface area contributed by atoms with Crippen LogP contribution in [0.1, 0.15) is 19.8 Å². The van der Waals surface area contributed by atoms with Gasteiger partial charge in [-0.15, -0.1) is 0 Å². The Morgan fingerprint density at radius 3 is 2.92 bits per heavy atom. The van der Waals surface area contributed by atoms with E-state index in [2.05, 4.69) is 5.32 Å². The third-order valence-corrected chi connectivity index (χ3v) is 2.53. The molecule has 0 spiro atoms. The number of rotatable bonds is 3. The van der Waals surface area contributed by atoms with Crippen molar-refractivity contribution in [3.8, 4) is 0 Å². The van der Waals surface area contributed by atoms with E-state index in [-0.39, 0.29) is 6.42 Å². The first-order chi connectivity index (χ1) is 5.52. The molecule has 4 heteroatoms. The van der Waals surface area contributed by atoms with Gasteiger partial charge in [0.1, 0.15) is 0 Å². The van der Waals surface area contributed by atoms with Gasteiger partial charge in [-0.2, -0.15) is 0 Å². The Balaban J connectivity index is 2.50. The van der Waals surface area contributed by atoms with Crippen molar-refractivity contribution in [1.29, 1.82) is 0 Å². The highest BCUT2D eigenvalue weighted by molar-refractivity contribution is 5.68. The molecule has 0 bridgehead atoms. The van der Waals surface area contributed by atoms with Crippen LogP contribution in [-0.2, 0) is 4.79 Å². The Morgan fingerprint density at radius 2 is 2.50 bits per heavy atom. The SMILES string of the molecule is CC(N)(CC(=O)O)C1CCNC1. The van der Waals surface area contributed by atoms with Gasteiger partial charge >= 0.3 is 5.97 Å². The zero-order valence-corrected chi connectivity index (χ0v) is 7.34. The van der Waals surface area contributed by atoms with Gasteiger partial charge in [0, 0.05) is 5.54 Å². The molecule has 0 aromatic rings. The molecule has 1 rings (SSSR count). The largest absolute Gasteiger partial charge is 0.481 e. The van der Waals surface area contributed by atoms with Crippen LogP contribution in [0, 0.1) is 5.92 Å². The highest BCUT2D eigenvalue weighted by Crippen LogP contribution is 2.23. The maximum atomic E-state index is 10.5. The summed E-state index contributed by atoms with van der Waals surface area (Å²) in [4.78, 5) is 10.5. The number of carboxylic acids is 1. The molecule has 12 heavy (non-hydrogen) atoms. The van der Waals surface area contributed by atoms with Gasteiger partial charge < -0.3 is 16.2 Å². The molecule has 0 aromatic carbocycles. The number of carbonyl (C=O) groups is 1. The lowest BCUT2D eigenvalue weighted by molar-refractivity contribution is -0.138. The zero-order valence-electron chi connectivity index (χ0n) is 7.34. The van der Waals surface area contributed by atoms with Gasteiger partial charge in [0.15, 0.2) is 0 Å². The summed E-state index contributed by atoms with van der Waals surface area (Å²) in [5, 5.41) is 11.8. The van der Waals surface area contributed by atoms with Crippen molar-refractivity contribution in [2.75, 3.05) is 13.1 Å². The summed E-state index contributed by atoms with van der Waals surface area (Å²) in [7, 11) is 0. The Morgan fingerprint density at radius 1 is 1.83 bits per heavy atom. The van der Waals surface area contributed by atoms with Crippen molar-refractivity contribution in [2.24, 2.45) is 11.7 Å². The molecule has 2 atom stereocenters. The van der Waals surface area contributed by atoms with Crippen LogP contribution in [0.3, 0.4) is 0 Å². The van der Waals surface area contributed by atoms with E-state index in [4.69, 9.17) is 10.8 Å². The summed E-state index contributed by atoms with van der Waals surface area (Å²) in [6.45, 7) is 3.62. The minimum Gasteiger partial charge on any atom is -0.481 e. The molecule has 1 aliphatic heterocycles.